The monoisotopic (exact) mass is 388 g/mol. The highest BCUT2D eigenvalue weighted by atomic mass is 16.5. The molecule has 0 aliphatic rings. The molecule has 0 bridgehead atoms. The smallest absolute Gasteiger partial charge is 0.368 e. The molecular weight excluding hydrogens is 368 g/mol. The Hall–Kier alpha value is -3.87. The summed E-state index contributed by atoms with van der Waals surface area (Å²) >= 11 is 0. The molecule has 0 amide bonds. The van der Waals surface area contributed by atoms with E-state index in [-0.39, 0.29) is 5.69 Å². The summed E-state index contributed by atoms with van der Waals surface area (Å²) in [6.07, 6.45) is 0. The van der Waals surface area contributed by atoms with Crippen molar-refractivity contribution in [2.45, 2.75) is 13.5 Å². The average molecular weight is 388 g/mol. The second-order valence-corrected chi connectivity index (χ2v) is 6.57. The SMILES string of the molecule is Cc1cccc(-n2nnn(C)c2=O)c1OCc1ccc(Oc2ccccc2)cc1. The summed E-state index contributed by atoms with van der Waals surface area (Å²) in [5, 5.41) is 7.69. The van der Waals surface area contributed by atoms with Gasteiger partial charge in [0, 0.05) is 7.05 Å². The van der Waals surface area contributed by atoms with E-state index in [4.69, 9.17) is 9.47 Å². The van der Waals surface area contributed by atoms with E-state index in [0.717, 1.165) is 22.6 Å². The van der Waals surface area contributed by atoms with Crippen LogP contribution in [0.5, 0.6) is 17.2 Å². The molecule has 4 aromatic rings. The lowest BCUT2D eigenvalue weighted by Gasteiger charge is -2.13. The van der Waals surface area contributed by atoms with Gasteiger partial charge in [-0.25, -0.2) is 4.79 Å². The minimum absolute atomic E-state index is 0.331. The maximum atomic E-state index is 12.2. The van der Waals surface area contributed by atoms with Crippen LogP contribution in [0.3, 0.4) is 0 Å². The van der Waals surface area contributed by atoms with Gasteiger partial charge in [0.15, 0.2) is 0 Å². The maximum Gasteiger partial charge on any atom is 0.368 e. The molecule has 0 aliphatic carbocycles. The van der Waals surface area contributed by atoms with Crippen molar-refractivity contribution in [3.63, 3.8) is 0 Å². The van der Waals surface area contributed by atoms with Crippen molar-refractivity contribution in [2.24, 2.45) is 7.05 Å². The summed E-state index contributed by atoms with van der Waals surface area (Å²) < 4.78 is 14.3. The molecule has 29 heavy (non-hydrogen) atoms. The average Bonchev–Trinajstić information content (AvgIpc) is 3.07. The minimum Gasteiger partial charge on any atom is -0.486 e. The van der Waals surface area contributed by atoms with Crippen molar-refractivity contribution in [1.29, 1.82) is 0 Å². The third-order valence-corrected chi connectivity index (χ3v) is 4.43. The third-order valence-electron chi connectivity index (χ3n) is 4.43. The summed E-state index contributed by atoms with van der Waals surface area (Å²) in [5.74, 6) is 2.14. The number of ether oxygens (including phenoxy) is 2. The molecule has 3 aromatic carbocycles. The first-order valence-corrected chi connectivity index (χ1v) is 9.15. The van der Waals surface area contributed by atoms with Gasteiger partial charge in [-0.1, -0.05) is 42.5 Å². The van der Waals surface area contributed by atoms with Crippen LogP contribution < -0.4 is 15.2 Å². The molecule has 1 aromatic heterocycles. The van der Waals surface area contributed by atoms with Crippen LogP contribution in [0.15, 0.2) is 77.6 Å². The molecule has 0 spiro atoms. The van der Waals surface area contributed by atoms with E-state index >= 15 is 0 Å². The molecule has 0 atom stereocenters. The number of hydrogen-bond donors (Lipinski definition) is 0. The fourth-order valence-corrected chi connectivity index (χ4v) is 2.89. The Balaban J connectivity index is 1.51. The van der Waals surface area contributed by atoms with Crippen LogP contribution in [-0.2, 0) is 13.7 Å². The van der Waals surface area contributed by atoms with Gasteiger partial charge in [0.1, 0.15) is 29.5 Å². The molecule has 0 unspecified atom stereocenters. The fourth-order valence-electron chi connectivity index (χ4n) is 2.89. The molecule has 0 aliphatic heterocycles. The van der Waals surface area contributed by atoms with Gasteiger partial charge in [-0.2, -0.15) is 9.36 Å². The number of aryl methyl sites for hydroxylation is 2. The van der Waals surface area contributed by atoms with E-state index in [1.807, 2.05) is 73.7 Å². The summed E-state index contributed by atoms with van der Waals surface area (Å²) in [7, 11) is 1.56. The summed E-state index contributed by atoms with van der Waals surface area (Å²) in [6.45, 7) is 2.27. The molecular formula is C22H20N4O3. The Morgan fingerprint density at radius 2 is 1.59 bits per heavy atom. The molecule has 0 N–H and O–H groups in total. The first kappa shape index (κ1) is 18.5. The maximum absolute atomic E-state index is 12.2. The molecule has 7 heteroatoms. The lowest BCUT2D eigenvalue weighted by molar-refractivity contribution is 0.302. The number of tetrazole rings is 1. The van der Waals surface area contributed by atoms with Crippen molar-refractivity contribution in [3.05, 3.63) is 94.4 Å². The van der Waals surface area contributed by atoms with E-state index in [2.05, 4.69) is 10.4 Å². The van der Waals surface area contributed by atoms with Crippen LogP contribution in [0, 0.1) is 6.92 Å². The molecule has 0 saturated heterocycles. The second-order valence-electron chi connectivity index (χ2n) is 6.57. The lowest BCUT2D eigenvalue weighted by atomic mass is 10.2. The predicted octanol–water partition coefficient (Wildman–Crippen LogP) is 3.65. The quantitative estimate of drug-likeness (QED) is 0.504. The Bertz CT molecular complexity index is 1160. The van der Waals surface area contributed by atoms with E-state index in [1.54, 1.807) is 13.1 Å². The largest absolute Gasteiger partial charge is 0.486 e. The van der Waals surface area contributed by atoms with Crippen LogP contribution in [-0.4, -0.2) is 19.8 Å². The van der Waals surface area contributed by atoms with Crippen molar-refractivity contribution in [3.8, 4) is 22.9 Å². The van der Waals surface area contributed by atoms with Gasteiger partial charge in [0.2, 0.25) is 0 Å². The number of hydrogen-bond acceptors (Lipinski definition) is 5. The van der Waals surface area contributed by atoms with Crippen LogP contribution in [0.4, 0.5) is 0 Å². The standard InChI is InChI=1S/C22H20N4O3/c1-16-7-6-10-20(26-22(27)25(2)23-24-26)21(16)28-15-17-11-13-19(14-12-17)29-18-8-4-3-5-9-18/h3-14H,15H2,1-2H3. The van der Waals surface area contributed by atoms with E-state index < -0.39 is 0 Å². The lowest BCUT2D eigenvalue weighted by Crippen LogP contribution is -2.22. The summed E-state index contributed by atoms with van der Waals surface area (Å²) in [6, 6.07) is 22.9. The van der Waals surface area contributed by atoms with E-state index in [1.165, 1.54) is 9.36 Å². The van der Waals surface area contributed by atoms with Crippen LogP contribution in [0.1, 0.15) is 11.1 Å². The number of rotatable bonds is 6. The van der Waals surface area contributed by atoms with E-state index in [0.29, 0.717) is 18.0 Å². The van der Waals surface area contributed by atoms with Crippen LogP contribution in [0.25, 0.3) is 5.69 Å². The zero-order valence-electron chi connectivity index (χ0n) is 16.1. The first-order chi connectivity index (χ1) is 14.1. The summed E-state index contributed by atoms with van der Waals surface area (Å²) in [5.41, 5.74) is 2.12. The highest BCUT2D eigenvalue weighted by molar-refractivity contribution is 5.50. The number of aromatic nitrogens is 4. The van der Waals surface area contributed by atoms with Gasteiger partial charge < -0.3 is 9.47 Å². The van der Waals surface area contributed by atoms with Gasteiger partial charge in [0.05, 0.1) is 0 Å². The van der Waals surface area contributed by atoms with Gasteiger partial charge in [-0.15, -0.1) is 0 Å². The molecule has 0 saturated carbocycles. The number of para-hydroxylation sites is 2. The second kappa shape index (κ2) is 8.02. The minimum atomic E-state index is -0.331. The van der Waals surface area contributed by atoms with Gasteiger partial charge >= 0.3 is 5.69 Å². The summed E-state index contributed by atoms with van der Waals surface area (Å²) in [4.78, 5) is 12.2. The van der Waals surface area contributed by atoms with Gasteiger partial charge in [-0.05, 0) is 58.8 Å². The van der Waals surface area contributed by atoms with E-state index in [9.17, 15) is 4.79 Å². The highest BCUT2D eigenvalue weighted by Crippen LogP contribution is 2.27. The molecule has 0 radical (unpaired) electrons. The molecule has 146 valence electrons. The molecule has 1 heterocycles. The predicted molar refractivity (Wildman–Crippen MR) is 109 cm³/mol. The Morgan fingerprint density at radius 1 is 0.862 bits per heavy atom. The molecule has 7 nitrogen and oxygen atoms in total. The zero-order valence-corrected chi connectivity index (χ0v) is 16.1. The Labute approximate surface area is 167 Å². The van der Waals surface area contributed by atoms with Gasteiger partial charge in [-0.3, -0.25) is 0 Å². The Kier molecular flexibility index (Phi) is 5.11. The Morgan fingerprint density at radius 3 is 2.28 bits per heavy atom. The number of nitrogens with zero attached hydrogens (tertiary/aromatic N) is 4. The van der Waals surface area contributed by atoms with Crippen molar-refractivity contribution < 1.29 is 9.47 Å². The van der Waals surface area contributed by atoms with Crippen LogP contribution >= 0.6 is 0 Å². The molecule has 4 rings (SSSR count). The molecule has 0 fully saturated rings. The number of benzene rings is 3. The van der Waals surface area contributed by atoms with Crippen molar-refractivity contribution in [2.75, 3.05) is 0 Å². The fraction of sp³-hybridized carbons (Fsp3) is 0.136. The topological polar surface area (TPSA) is 71.2 Å². The van der Waals surface area contributed by atoms with Crippen molar-refractivity contribution >= 4 is 0 Å². The zero-order chi connectivity index (χ0) is 20.2. The van der Waals surface area contributed by atoms with Crippen LogP contribution in [0.2, 0.25) is 0 Å². The van der Waals surface area contributed by atoms with Crippen molar-refractivity contribution in [1.82, 2.24) is 19.8 Å². The van der Waals surface area contributed by atoms with Gasteiger partial charge in [0.25, 0.3) is 0 Å². The first-order valence-electron chi connectivity index (χ1n) is 9.15. The normalized spacial score (nSPS) is 10.7. The third kappa shape index (κ3) is 4.03. The highest BCUT2D eigenvalue weighted by Gasteiger charge is 2.14.